The van der Waals surface area contributed by atoms with Crippen molar-refractivity contribution in [2.24, 2.45) is 0 Å². The van der Waals surface area contributed by atoms with Crippen molar-refractivity contribution in [3.8, 4) is 0 Å². The Labute approximate surface area is 75.9 Å². The van der Waals surface area contributed by atoms with Crippen LogP contribution in [0.25, 0.3) is 0 Å². The maximum absolute atomic E-state index is 12.8. The second kappa shape index (κ2) is 3.21. The molecule has 0 aromatic heterocycles. The third kappa shape index (κ3) is 2.15. The minimum atomic E-state index is -3.24. The normalized spacial score (nSPS) is 20.6. The lowest BCUT2D eigenvalue weighted by Gasteiger charge is -2.40. The van der Waals surface area contributed by atoms with Crippen molar-refractivity contribution >= 4 is 5.91 Å². The predicted octanol–water partition coefficient (Wildman–Crippen LogP) is 0.510. The average Bonchev–Trinajstić information content (AvgIpc) is 2.01. The maximum Gasteiger partial charge on any atom is 0.324 e. The molecule has 1 aliphatic rings. The van der Waals surface area contributed by atoms with E-state index in [1.807, 2.05) is 0 Å². The summed E-state index contributed by atoms with van der Waals surface area (Å²) in [5, 5.41) is 5.25. The molecule has 0 bridgehead atoms. The fourth-order valence-electron chi connectivity index (χ4n) is 1.11. The minimum Gasteiger partial charge on any atom is -0.343 e. The fraction of sp³-hybridized carbons (Fsp3) is 0.875. The highest BCUT2D eigenvalue weighted by Gasteiger charge is 2.42. The van der Waals surface area contributed by atoms with Crippen LogP contribution in [0.1, 0.15) is 20.3 Å². The number of carbonyl (C=O) groups excluding carboxylic acids is 1. The van der Waals surface area contributed by atoms with Gasteiger partial charge in [0.2, 0.25) is 0 Å². The monoisotopic (exact) mass is 192 g/mol. The largest absolute Gasteiger partial charge is 0.343 e. The highest BCUT2D eigenvalue weighted by atomic mass is 19.3. The van der Waals surface area contributed by atoms with Crippen LogP contribution in [-0.4, -0.2) is 30.5 Å². The standard InChI is InChI=1S/C8H14F2N2O/c1-3-8(9,10)6(13)12-7(2)4-11-5-7/h11H,3-5H2,1-2H3,(H,12,13). The SMILES string of the molecule is CCC(F)(F)C(=O)NC1(C)CNC1. The summed E-state index contributed by atoms with van der Waals surface area (Å²) in [4.78, 5) is 11.0. The van der Waals surface area contributed by atoms with Crippen molar-refractivity contribution in [2.45, 2.75) is 31.7 Å². The van der Waals surface area contributed by atoms with Gasteiger partial charge in [0.25, 0.3) is 5.91 Å². The third-order valence-corrected chi connectivity index (χ3v) is 2.22. The van der Waals surface area contributed by atoms with E-state index in [1.165, 1.54) is 6.92 Å². The van der Waals surface area contributed by atoms with Crippen molar-refractivity contribution in [2.75, 3.05) is 13.1 Å². The van der Waals surface area contributed by atoms with Gasteiger partial charge < -0.3 is 10.6 Å². The highest BCUT2D eigenvalue weighted by molar-refractivity contribution is 5.84. The van der Waals surface area contributed by atoms with Crippen LogP contribution in [0.5, 0.6) is 0 Å². The first-order valence-electron chi connectivity index (χ1n) is 4.31. The van der Waals surface area contributed by atoms with Crippen LogP contribution in [0, 0.1) is 0 Å². The zero-order valence-electron chi connectivity index (χ0n) is 7.79. The highest BCUT2D eigenvalue weighted by Crippen LogP contribution is 2.20. The van der Waals surface area contributed by atoms with E-state index >= 15 is 0 Å². The first-order chi connectivity index (χ1) is 5.90. The lowest BCUT2D eigenvalue weighted by Crippen LogP contribution is -2.68. The van der Waals surface area contributed by atoms with E-state index in [1.54, 1.807) is 6.92 Å². The van der Waals surface area contributed by atoms with E-state index in [2.05, 4.69) is 10.6 Å². The molecule has 0 radical (unpaired) electrons. The number of hydrogen-bond donors (Lipinski definition) is 2. The lowest BCUT2D eigenvalue weighted by atomic mass is 9.95. The quantitative estimate of drug-likeness (QED) is 0.684. The molecule has 76 valence electrons. The van der Waals surface area contributed by atoms with Gasteiger partial charge in [-0.05, 0) is 6.92 Å². The van der Waals surface area contributed by atoms with Crippen LogP contribution in [0.2, 0.25) is 0 Å². The van der Waals surface area contributed by atoms with Crippen molar-refractivity contribution in [1.29, 1.82) is 0 Å². The summed E-state index contributed by atoms with van der Waals surface area (Å²) in [6.07, 6.45) is -0.456. The maximum atomic E-state index is 12.8. The van der Waals surface area contributed by atoms with E-state index in [9.17, 15) is 13.6 Å². The summed E-state index contributed by atoms with van der Waals surface area (Å²) in [7, 11) is 0. The molecule has 1 aliphatic heterocycles. The molecule has 1 saturated heterocycles. The Bertz CT molecular complexity index is 214. The second-order valence-electron chi connectivity index (χ2n) is 3.68. The van der Waals surface area contributed by atoms with Gasteiger partial charge in [0.1, 0.15) is 0 Å². The van der Waals surface area contributed by atoms with Gasteiger partial charge in [0.05, 0.1) is 5.54 Å². The first-order valence-corrected chi connectivity index (χ1v) is 4.31. The molecule has 13 heavy (non-hydrogen) atoms. The molecule has 5 heteroatoms. The number of halogens is 2. The Kier molecular flexibility index (Phi) is 2.56. The van der Waals surface area contributed by atoms with E-state index in [4.69, 9.17) is 0 Å². The number of hydrogen-bond acceptors (Lipinski definition) is 2. The van der Waals surface area contributed by atoms with Crippen LogP contribution in [0.4, 0.5) is 8.78 Å². The molecule has 0 spiro atoms. The van der Waals surface area contributed by atoms with Crippen LogP contribution in [-0.2, 0) is 4.79 Å². The Morgan fingerprint density at radius 3 is 2.46 bits per heavy atom. The molecule has 0 aromatic rings. The third-order valence-electron chi connectivity index (χ3n) is 2.22. The molecule has 1 rings (SSSR count). The molecular weight excluding hydrogens is 178 g/mol. The van der Waals surface area contributed by atoms with Gasteiger partial charge in [0.15, 0.2) is 0 Å². The smallest absolute Gasteiger partial charge is 0.324 e. The zero-order chi connectivity index (χ0) is 10.1. The van der Waals surface area contributed by atoms with Gasteiger partial charge in [0, 0.05) is 19.5 Å². The number of nitrogens with one attached hydrogen (secondary N) is 2. The summed E-state index contributed by atoms with van der Waals surface area (Å²) < 4.78 is 25.6. The summed E-state index contributed by atoms with van der Waals surface area (Å²) >= 11 is 0. The minimum absolute atomic E-state index is 0.456. The zero-order valence-corrected chi connectivity index (χ0v) is 7.79. The van der Waals surface area contributed by atoms with Gasteiger partial charge in [-0.15, -0.1) is 0 Å². The number of alkyl halides is 2. The molecule has 2 N–H and O–H groups in total. The Morgan fingerprint density at radius 2 is 2.15 bits per heavy atom. The number of carbonyl (C=O) groups is 1. The van der Waals surface area contributed by atoms with E-state index in [-0.39, 0.29) is 0 Å². The Morgan fingerprint density at radius 1 is 1.62 bits per heavy atom. The van der Waals surface area contributed by atoms with Crippen molar-refractivity contribution in [3.05, 3.63) is 0 Å². The van der Waals surface area contributed by atoms with Gasteiger partial charge >= 0.3 is 5.92 Å². The summed E-state index contributed by atoms with van der Waals surface area (Å²) in [6, 6.07) is 0. The average molecular weight is 192 g/mol. The summed E-state index contributed by atoms with van der Waals surface area (Å²) in [5.41, 5.74) is -0.490. The summed E-state index contributed by atoms with van der Waals surface area (Å²) in [5.74, 6) is -4.41. The molecule has 1 amide bonds. The van der Waals surface area contributed by atoms with Gasteiger partial charge in [-0.3, -0.25) is 4.79 Å². The number of rotatable bonds is 3. The van der Waals surface area contributed by atoms with E-state index in [0.717, 1.165) is 0 Å². The van der Waals surface area contributed by atoms with Crippen LogP contribution < -0.4 is 10.6 Å². The van der Waals surface area contributed by atoms with Crippen LogP contribution >= 0.6 is 0 Å². The molecule has 0 atom stereocenters. The predicted molar refractivity (Wildman–Crippen MR) is 44.7 cm³/mol. The fourth-order valence-corrected chi connectivity index (χ4v) is 1.11. The van der Waals surface area contributed by atoms with Crippen molar-refractivity contribution in [1.82, 2.24) is 10.6 Å². The second-order valence-corrected chi connectivity index (χ2v) is 3.68. The molecule has 3 nitrogen and oxygen atoms in total. The molecule has 1 fully saturated rings. The van der Waals surface area contributed by atoms with E-state index in [0.29, 0.717) is 13.1 Å². The molecule has 0 unspecified atom stereocenters. The molecule has 0 aliphatic carbocycles. The Hall–Kier alpha value is -0.710. The number of amides is 1. The first kappa shape index (κ1) is 10.4. The topological polar surface area (TPSA) is 41.1 Å². The summed E-state index contributed by atoms with van der Waals surface area (Å²) in [6.45, 7) is 4.14. The van der Waals surface area contributed by atoms with Crippen LogP contribution in [0.15, 0.2) is 0 Å². The molecule has 0 aromatic carbocycles. The lowest BCUT2D eigenvalue weighted by molar-refractivity contribution is -0.148. The van der Waals surface area contributed by atoms with E-state index < -0.39 is 23.8 Å². The molecule has 0 saturated carbocycles. The molecular formula is C8H14F2N2O. The van der Waals surface area contributed by atoms with Gasteiger partial charge in [-0.1, -0.05) is 6.92 Å². The van der Waals surface area contributed by atoms with Crippen molar-refractivity contribution < 1.29 is 13.6 Å². The van der Waals surface area contributed by atoms with Crippen LogP contribution in [0.3, 0.4) is 0 Å². The van der Waals surface area contributed by atoms with Gasteiger partial charge in [-0.25, -0.2) is 0 Å². The van der Waals surface area contributed by atoms with Gasteiger partial charge in [-0.2, -0.15) is 8.78 Å². The van der Waals surface area contributed by atoms with Crippen molar-refractivity contribution in [3.63, 3.8) is 0 Å². The molecule has 1 heterocycles. The Balaban J connectivity index is 2.49.